The monoisotopic (exact) mass is 308 g/mol. The number of aromatic amines is 1. The van der Waals surface area contributed by atoms with Crippen molar-refractivity contribution in [1.29, 1.82) is 0 Å². The van der Waals surface area contributed by atoms with Gasteiger partial charge >= 0.3 is 0 Å². The zero-order valence-electron chi connectivity index (χ0n) is 12.0. The quantitative estimate of drug-likeness (QED) is 0.636. The van der Waals surface area contributed by atoms with Gasteiger partial charge in [-0.3, -0.25) is 5.10 Å². The lowest BCUT2D eigenvalue weighted by molar-refractivity contribution is 0.572. The number of sulfonamides is 1. The van der Waals surface area contributed by atoms with Gasteiger partial charge in [-0.15, -0.1) is 0 Å². The summed E-state index contributed by atoms with van der Waals surface area (Å²) in [5.74, 6) is 0. The Morgan fingerprint density at radius 2 is 2.00 bits per heavy atom. The molecule has 0 radical (unpaired) electrons. The predicted octanol–water partition coefficient (Wildman–Crippen LogP) is 1.04. The molecule has 7 heteroatoms. The van der Waals surface area contributed by atoms with E-state index in [-0.39, 0.29) is 5.03 Å². The van der Waals surface area contributed by atoms with Crippen LogP contribution in [0, 0.1) is 0 Å². The number of aryl methyl sites for hydroxylation is 1. The molecule has 0 amide bonds. The van der Waals surface area contributed by atoms with Crippen LogP contribution < -0.4 is 10.0 Å². The van der Waals surface area contributed by atoms with Gasteiger partial charge in [0, 0.05) is 18.7 Å². The first kappa shape index (κ1) is 15.7. The van der Waals surface area contributed by atoms with Crippen molar-refractivity contribution in [2.75, 3.05) is 13.6 Å². The molecule has 0 fully saturated rings. The van der Waals surface area contributed by atoms with E-state index in [0.717, 1.165) is 12.8 Å². The first-order valence-corrected chi connectivity index (χ1v) is 8.32. The van der Waals surface area contributed by atoms with Gasteiger partial charge in [0.2, 0.25) is 0 Å². The van der Waals surface area contributed by atoms with Crippen LogP contribution in [0.25, 0.3) is 0 Å². The lowest BCUT2D eigenvalue weighted by Crippen LogP contribution is -2.27. The molecule has 6 nitrogen and oxygen atoms in total. The predicted molar refractivity (Wildman–Crippen MR) is 81.3 cm³/mol. The number of benzene rings is 1. The van der Waals surface area contributed by atoms with Gasteiger partial charge in [0.1, 0.15) is 0 Å². The van der Waals surface area contributed by atoms with Crippen LogP contribution in [0.3, 0.4) is 0 Å². The molecule has 0 bridgehead atoms. The minimum Gasteiger partial charge on any atom is -0.316 e. The number of rotatable bonds is 8. The molecule has 1 aromatic carbocycles. The third-order valence-electron chi connectivity index (χ3n) is 3.09. The molecule has 0 spiro atoms. The number of hydrogen-bond acceptors (Lipinski definition) is 4. The minimum atomic E-state index is -3.53. The minimum absolute atomic E-state index is 0.136. The third kappa shape index (κ3) is 4.38. The number of aromatic nitrogens is 2. The summed E-state index contributed by atoms with van der Waals surface area (Å²) in [7, 11) is -1.77. The Labute approximate surface area is 125 Å². The molecule has 0 saturated heterocycles. The molecule has 0 atom stereocenters. The van der Waals surface area contributed by atoms with Crippen molar-refractivity contribution in [3.63, 3.8) is 0 Å². The Hall–Kier alpha value is -1.70. The third-order valence-corrected chi connectivity index (χ3v) is 4.57. The van der Waals surface area contributed by atoms with Crippen molar-refractivity contribution < 1.29 is 8.42 Å². The van der Waals surface area contributed by atoms with Crippen molar-refractivity contribution in [2.45, 2.75) is 24.4 Å². The van der Waals surface area contributed by atoms with Gasteiger partial charge in [0.05, 0.1) is 6.20 Å². The van der Waals surface area contributed by atoms with E-state index in [1.807, 2.05) is 30.3 Å². The molecule has 21 heavy (non-hydrogen) atoms. The summed E-state index contributed by atoms with van der Waals surface area (Å²) < 4.78 is 27.0. The molecular weight excluding hydrogens is 288 g/mol. The van der Waals surface area contributed by atoms with Crippen LogP contribution in [0.15, 0.2) is 41.6 Å². The number of hydrogen-bond donors (Lipinski definition) is 3. The molecule has 0 aliphatic carbocycles. The van der Waals surface area contributed by atoms with E-state index in [9.17, 15) is 8.42 Å². The Kier molecular flexibility index (Phi) is 5.49. The van der Waals surface area contributed by atoms with Gasteiger partial charge in [0.15, 0.2) is 5.03 Å². The van der Waals surface area contributed by atoms with Gasteiger partial charge in [-0.1, -0.05) is 30.3 Å². The van der Waals surface area contributed by atoms with Crippen LogP contribution in [0.2, 0.25) is 0 Å². The zero-order valence-corrected chi connectivity index (χ0v) is 12.8. The number of nitrogens with one attached hydrogen (secondary N) is 3. The second-order valence-corrected chi connectivity index (χ2v) is 6.45. The van der Waals surface area contributed by atoms with Gasteiger partial charge in [-0.2, -0.15) is 5.10 Å². The van der Waals surface area contributed by atoms with Crippen molar-refractivity contribution >= 4 is 10.0 Å². The van der Waals surface area contributed by atoms with Crippen molar-refractivity contribution in [3.8, 4) is 0 Å². The largest absolute Gasteiger partial charge is 0.316 e. The summed E-state index contributed by atoms with van der Waals surface area (Å²) in [5.41, 5.74) is 1.84. The molecule has 0 saturated carbocycles. The van der Waals surface area contributed by atoms with Gasteiger partial charge in [0.25, 0.3) is 10.0 Å². The fourth-order valence-electron chi connectivity index (χ4n) is 2.06. The summed E-state index contributed by atoms with van der Waals surface area (Å²) in [6.07, 6.45) is 3.11. The average molecular weight is 308 g/mol. The molecule has 114 valence electrons. The van der Waals surface area contributed by atoms with E-state index >= 15 is 0 Å². The van der Waals surface area contributed by atoms with Crippen LogP contribution in [0.5, 0.6) is 0 Å². The summed E-state index contributed by atoms with van der Waals surface area (Å²) in [4.78, 5) is 0. The van der Waals surface area contributed by atoms with E-state index in [2.05, 4.69) is 20.2 Å². The maximum absolute atomic E-state index is 12.2. The number of nitrogens with zero attached hydrogens (tertiary/aromatic N) is 1. The summed E-state index contributed by atoms with van der Waals surface area (Å²) in [6, 6.07) is 10.00. The molecule has 3 N–H and O–H groups in total. The Balaban J connectivity index is 1.88. The van der Waals surface area contributed by atoms with E-state index in [1.165, 1.54) is 11.8 Å². The zero-order chi connectivity index (χ0) is 15.1. The van der Waals surface area contributed by atoms with Crippen molar-refractivity contribution in [1.82, 2.24) is 20.2 Å². The Morgan fingerprint density at radius 3 is 2.71 bits per heavy atom. The van der Waals surface area contributed by atoms with Crippen LogP contribution in [-0.4, -0.2) is 32.2 Å². The molecule has 0 unspecified atom stereocenters. The van der Waals surface area contributed by atoms with Gasteiger partial charge in [-0.25, -0.2) is 13.1 Å². The maximum Gasteiger partial charge on any atom is 0.257 e. The second-order valence-electron chi connectivity index (χ2n) is 4.74. The van der Waals surface area contributed by atoms with Gasteiger partial charge in [-0.05, 0) is 25.5 Å². The smallest absolute Gasteiger partial charge is 0.257 e. The van der Waals surface area contributed by atoms with E-state index in [1.54, 1.807) is 7.05 Å². The highest BCUT2D eigenvalue weighted by atomic mass is 32.2. The summed E-state index contributed by atoms with van der Waals surface area (Å²) >= 11 is 0. The van der Waals surface area contributed by atoms with E-state index < -0.39 is 10.0 Å². The highest BCUT2D eigenvalue weighted by molar-refractivity contribution is 7.89. The average Bonchev–Trinajstić information content (AvgIpc) is 2.94. The Morgan fingerprint density at radius 1 is 1.24 bits per heavy atom. The van der Waals surface area contributed by atoms with Crippen molar-refractivity contribution in [3.05, 3.63) is 47.7 Å². The maximum atomic E-state index is 12.2. The van der Waals surface area contributed by atoms with Crippen LogP contribution in [0.4, 0.5) is 0 Å². The van der Waals surface area contributed by atoms with Crippen LogP contribution in [0.1, 0.15) is 17.5 Å². The lowest BCUT2D eigenvalue weighted by Gasteiger charge is -2.07. The summed E-state index contributed by atoms with van der Waals surface area (Å²) in [6.45, 7) is 0.853. The Bertz CT molecular complexity index is 653. The molecule has 1 aromatic heterocycles. The normalized spacial score (nSPS) is 11.7. The molecule has 0 aliphatic heterocycles. The van der Waals surface area contributed by atoms with Crippen LogP contribution >= 0.6 is 0 Å². The van der Waals surface area contributed by atoms with Crippen molar-refractivity contribution in [2.24, 2.45) is 0 Å². The first-order valence-electron chi connectivity index (χ1n) is 6.84. The lowest BCUT2D eigenvalue weighted by atomic mass is 10.1. The number of H-pyrrole nitrogens is 1. The second kappa shape index (κ2) is 7.35. The fourth-order valence-corrected chi connectivity index (χ4v) is 3.26. The van der Waals surface area contributed by atoms with Gasteiger partial charge < -0.3 is 5.32 Å². The fraction of sp³-hybridized carbons (Fsp3) is 0.357. The highest BCUT2D eigenvalue weighted by Crippen LogP contribution is 2.11. The molecule has 2 aromatic rings. The summed E-state index contributed by atoms with van der Waals surface area (Å²) in [5, 5.41) is 9.40. The van der Waals surface area contributed by atoms with Crippen LogP contribution in [-0.2, 0) is 23.0 Å². The SMILES string of the molecule is CNCc1cn[nH]c1S(=O)(=O)NCCCc1ccccc1. The molecular formula is C14H20N4O2S. The van der Waals surface area contributed by atoms with E-state index in [0.29, 0.717) is 18.7 Å². The molecule has 1 heterocycles. The standard InChI is InChI=1S/C14H20N4O2S/c1-15-10-13-11-16-18-14(13)21(19,20)17-9-5-8-12-6-3-2-4-7-12/h2-4,6-7,11,15,17H,5,8-10H2,1H3,(H,16,18). The molecule has 2 rings (SSSR count). The molecule has 0 aliphatic rings. The highest BCUT2D eigenvalue weighted by Gasteiger charge is 2.19. The van der Waals surface area contributed by atoms with E-state index in [4.69, 9.17) is 0 Å². The first-order chi connectivity index (χ1) is 10.1. The topological polar surface area (TPSA) is 86.9 Å².